The minimum atomic E-state index is -0.401. The van der Waals surface area contributed by atoms with Gasteiger partial charge in [-0.3, -0.25) is 9.55 Å². The topological polar surface area (TPSA) is 55.3 Å². The monoisotopic (exact) mass is 821 g/mol. The van der Waals surface area contributed by atoms with Gasteiger partial charge in [-0.2, -0.15) is 0 Å². The molecular weight excluding hydrogens is 757 g/mol. The maximum absolute atomic E-state index is 12.2. The van der Waals surface area contributed by atoms with E-state index >= 15 is 0 Å². The fourth-order valence-electron chi connectivity index (χ4n) is 8.23. The zero-order chi connectivity index (χ0) is 45.3. The van der Waals surface area contributed by atoms with Gasteiger partial charge in [0.25, 0.3) is 0 Å². The number of benzene rings is 5. The van der Waals surface area contributed by atoms with Crippen molar-refractivity contribution in [3.63, 3.8) is 0 Å². The second-order valence-corrected chi connectivity index (χ2v) is 22.2. The smallest absolute Gasteiger partial charge is 0.216 e. The largest absolute Gasteiger partial charge is 0.507 e. The molecule has 7 aromatic rings. The molecule has 0 fully saturated rings. The van der Waals surface area contributed by atoms with Crippen molar-refractivity contribution in [2.24, 2.45) is 0 Å². The first-order chi connectivity index (χ1) is 28.8. The SMILES string of the molecule is [C-]#[N+]c1c(C(C)(C)C)cc(-c2cc(-c3nc4ccccc4n3-c3ccc(C(C)(C)C)cc3-c3ccccc3)cc(C(C)(C)C)c2)nc1-c1cc(C(C)(C)C)cc(C(C)(C)C)c1O. The number of aromatic hydroxyl groups is 1. The van der Waals surface area contributed by atoms with Gasteiger partial charge in [-0.15, -0.1) is 0 Å². The van der Waals surface area contributed by atoms with E-state index in [1.807, 2.05) is 6.07 Å². The van der Waals surface area contributed by atoms with Crippen LogP contribution in [0, 0.1) is 6.57 Å². The van der Waals surface area contributed by atoms with E-state index in [0.717, 1.165) is 72.7 Å². The summed E-state index contributed by atoms with van der Waals surface area (Å²) in [6.45, 7) is 41.4. The van der Waals surface area contributed by atoms with Gasteiger partial charge in [-0.1, -0.05) is 158 Å². The molecule has 0 saturated heterocycles. The Hall–Kier alpha value is -5.99. The van der Waals surface area contributed by atoms with E-state index in [9.17, 15) is 5.11 Å². The first kappa shape index (κ1) is 44.1. The summed E-state index contributed by atoms with van der Waals surface area (Å²) in [7, 11) is 0. The number of aromatic nitrogens is 3. The third-order valence-electron chi connectivity index (χ3n) is 12.1. The van der Waals surface area contributed by atoms with Crippen molar-refractivity contribution in [3.05, 3.63) is 148 Å². The molecule has 62 heavy (non-hydrogen) atoms. The van der Waals surface area contributed by atoms with Gasteiger partial charge in [0.1, 0.15) is 11.6 Å². The van der Waals surface area contributed by atoms with Crippen LogP contribution in [0.1, 0.15) is 132 Å². The second kappa shape index (κ2) is 15.4. The molecule has 0 saturated carbocycles. The van der Waals surface area contributed by atoms with Crippen LogP contribution in [0.25, 0.3) is 66.6 Å². The lowest BCUT2D eigenvalue weighted by molar-refractivity contribution is 0.446. The number of nitrogens with zero attached hydrogens (tertiary/aromatic N) is 4. The van der Waals surface area contributed by atoms with E-state index in [1.165, 1.54) is 5.56 Å². The van der Waals surface area contributed by atoms with Crippen molar-refractivity contribution in [3.8, 4) is 56.5 Å². The first-order valence-corrected chi connectivity index (χ1v) is 21.9. The number of fused-ring (bicyclic) bond motifs is 1. The molecule has 0 amide bonds. The molecule has 7 rings (SSSR count). The Balaban J connectivity index is 1.57. The molecule has 0 aliphatic rings. The van der Waals surface area contributed by atoms with Crippen LogP contribution in [-0.2, 0) is 27.1 Å². The average Bonchev–Trinajstić information content (AvgIpc) is 3.58. The number of imidazole rings is 1. The lowest BCUT2D eigenvalue weighted by Gasteiger charge is -2.29. The number of phenolic OH excluding ortho intramolecular Hbond substituents is 1. The summed E-state index contributed by atoms with van der Waals surface area (Å²) >= 11 is 0. The molecule has 0 bridgehead atoms. The number of pyridine rings is 1. The summed E-state index contributed by atoms with van der Waals surface area (Å²) in [4.78, 5) is 15.0. The Bertz CT molecular complexity index is 2870. The fraction of sp³-hybridized carbons (Fsp3) is 0.351. The lowest BCUT2D eigenvalue weighted by atomic mass is 9.77. The maximum atomic E-state index is 12.2. The molecule has 2 aromatic heterocycles. The molecular formula is C57H64N4O. The van der Waals surface area contributed by atoms with E-state index in [0.29, 0.717) is 16.9 Å². The maximum Gasteiger partial charge on any atom is 0.216 e. The van der Waals surface area contributed by atoms with Gasteiger partial charge < -0.3 is 5.11 Å². The van der Waals surface area contributed by atoms with Gasteiger partial charge in [-0.25, -0.2) is 9.83 Å². The van der Waals surface area contributed by atoms with Crippen LogP contribution in [-0.4, -0.2) is 19.6 Å². The standard InChI is InChI=1S/C57H64N4O/c1-53(2,3)38-26-27-47(41(31-38)35-22-18-17-19-23-35)61-48-25-21-20-24-45(48)60-52(61)37-28-36(29-39(30-37)54(4,5)6)46-34-43(56(10,11)12)50(58-16)49(59-46)42-32-40(55(7,8)9)33-44(51(42)62)57(13,14)15/h17-34,62H,1-15H3. The molecule has 0 radical (unpaired) electrons. The second-order valence-electron chi connectivity index (χ2n) is 22.2. The van der Waals surface area contributed by atoms with Crippen LogP contribution in [0.3, 0.4) is 0 Å². The molecule has 0 atom stereocenters. The zero-order valence-electron chi connectivity index (χ0n) is 39.6. The van der Waals surface area contributed by atoms with Crippen LogP contribution in [0.5, 0.6) is 5.75 Å². The average molecular weight is 821 g/mol. The van der Waals surface area contributed by atoms with Gasteiger partial charge in [0, 0.05) is 27.8 Å². The summed E-state index contributed by atoms with van der Waals surface area (Å²) in [6.07, 6.45) is 0. The molecule has 0 unspecified atom stereocenters. The zero-order valence-corrected chi connectivity index (χ0v) is 39.6. The number of hydrogen-bond acceptors (Lipinski definition) is 3. The summed E-state index contributed by atoms with van der Waals surface area (Å²) in [6, 6.07) is 38.9. The lowest BCUT2D eigenvalue weighted by Crippen LogP contribution is -2.17. The molecule has 0 aliphatic carbocycles. The molecule has 5 nitrogen and oxygen atoms in total. The first-order valence-electron chi connectivity index (χ1n) is 21.9. The minimum Gasteiger partial charge on any atom is -0.507 e. The number of phenols is 1. The van der Waals surface area contributed by atoms with E-state index in [-0.39, 0.29) is 27.4 Å². The highest BCUT2D eigenvalue weighted by atomic mass is 16.3. The van der Waals surface area contributed by atoms with E-state index in [1.54, 1.807) is 0 Å². The van der Waals surface area contributed by atoms with Crippen molar-refractivity contribution in [2.45, 2.75) is 131 Å². The molecule has 5 heteroatoms. The van der Waals surface area contributed by atoms with Crippen molar-refractivity contribution in [2.75, 3.05) is 0 Å². The predicted octanol–water partition coefficient (Wildman–Crippen LogP) is 15.8. The highest BCUT2D eigenvalue weighted by Gasteiger charge is 2.31. The van der Waals surface area contributed by atoms with Gasteiger partial charge >= 0.3 is 0 Å². The Morgan fingerprint density at radius 1 is 0.500 bits per heavy atom. The van der Waals surface area contributed by atoms with Crippen LogP contribution < -0.4 is 0 Å². The van der Waals surface area contributed by atoms with Crippen molar-refractivity contribution in [1.29, 1.82) is 0 Å². The molecule has 2 heterocycles. The Labute approximate surface area is 370 Å². The van der Waals surface area contributed by atoms with Crippen LogP contribution in [0.4, 0.5) is 5.69 Å². The highest BCUT2D eigenvalue weighted by Crippen LogP contribution is 2.48. The summed E-state index contributed by atoms with van der Waals surface area (Å²) in [5.41, 5.74) is 13.4. The van der Waals surface area contributed by atoms with E-state index < -0.39 is 5.41 Å². The summed E-state index contributed by atoms with van der Waals surface area (Å²) in [5.74, 6) is 1.00. The van der Waals surface area contributed by atoms with E-state index in [2.05, 4.69) is 216 Å². The molecule has 318 valence electrons. The van der Waals surface area contributed by atoms with Gasteiger partial charge in [-0.05, 0) is 109 Å². The third kappa shape index (κ3) is 8.45. The number of hydrogen-bond donors (Lipinski definition) is 1. The fourth-order valence-corrected chi connectivity index (χ4v) is 8.23. The van der Waals surface area contributed by atoms with Crippen molar-refractivity contribution < 1.29 is 5.11 Å². The molecule has 0 aliphatic heterocycles. The molecule has 0 spiro atoms. The van der Waals surface area contributed by atoms with Gasteiger partial charge in [0.15, 0.2) is 0 Å². The van der Waals surface area contributed by atoms with Crippen LogP contribution in [0.2, 0.25) is 0 Å². The number of para-hydroxylation sites is 2. The minimum absolute atomic E-state index is 0.0441. The van der Waals surface area contributed by atoms with Gasteiger partial charge in [0.2, 0.25) is 5.69 Å². The highest BCUT2D eigenvalue weighted by molar-refractivity contribution is 5.89. The Morgan fingerprint density at radius 3 is 1.66 bits per heavy atom. The predicted molar refractivity (Wildman–Crippen MR) is 262 cm³/mol. The number of rotatable bonds is 5. The van der Waals surface area contributed by atoms with Crippen molar-refractivity contribution >= 4 is 16.7 Å². The van der Waals surface area contributed by atoms with Crippen LogP contribution >= 0.6 is 0 Å². The van der Waals surface area contributed by atoms with E-state index in [4.69, 9.17) is 16.5 Å². The summed E-state index contributed by atoms with van der Waals surface area (Å²) < 4.78 is 2.32. The normalized spacial score (nSPS) is 12.8. The van der Waals surface area contributed by atoms with Crippen LogP contribution in [0.15, 0.2) is 109 Å². The summed E-state index contributed by atoms with van der Waals surface area (Å²) in [5, 5.41) is 12.2. The quantitative estimate of drug-likeness (QED) is 0.176. The Kier molecular flexibility index (Phi) is 11.0. The third-order valence-corrected chi connectivity index (χ3v) is 12.1. The molecule has 5 aromatic carbocycles. The Morgan fingerprint density at radius 2 is 1.06 bits per heavy atom. The van der Waals surface area contributed by atoms with Gasteiger partial charge in [0.05, 0.1) is 34.7 Å². The molecule has 1 N–H and O–H groups in total. The van der Waals surface area contributed by atoms with Crippen molar-refractivity contribution in [1.82, 2.24) is 14.5 Å².